The van der Waals surface area contributed by atoms with E-state index in [0.29, 0.717) is 21.0 Å². The van der Waals surface area contributed by atoms with Crippen LogP contribution in [0, 0.1) is 39.9 Å². The van der Waals surface area contributed by atoms with Crippen LogP contribution in [0.25, 0.3) is 0 Å². The third kappa shape index (κ3) is 2.76. The second-order valence-electron chi connectivity index (χ2n) is 12.3. The molecule has 4 rings (SSSR count). The average Bonchev–Trinajstić information content (AvgIpc) is 3.10. The van der Waals surface area contributed by atoms with E-state index in [1.54, 1.807) is 0 Å². The van der Waals surface area contributed by atoms with Crippen molar-refractivity contribution in [3.05, 3.63) is 0 Å². The van der Waals surface area contributed by atoms with Crippen LogP contribution in [0.15, 0.2) is 0 Å². The Morgan fingerprint density at radius 1 is 0.964 bits per heavy atom. The van der Waals surface area contributed by atoms with Crippen LogP contribution in [0.2, 0.25) is 0 Å². The maximum atomic E-state index is 5.79. The molecular formula is C27H48S. The van der Waals surface area contributed by atoms with Gasteiger partial charge in [0.2, 0.25) is 0 Å². The van der Waals surface area contributed by atoms with Gasteiger partial charge in [0, 0.05) is 4.75 Å². The van der Waals surface area contributed by atoms with E-state index in [1.165, 1.54) is 89.9 Å². The van der Waals surface area contributed by atoms with E-state index in [1.807, 2.05) is 0 Å². The highest BCUT2D eigenvalue weighted by molar-refractivity contribution is 7.82. The number of hydrogen-bond donors (Lipinski definition) is 1. The van der Waals surface area contributed by atoms with Crippen molar-refractivity contribution < 1.29 is 0 Å². The van der Waals surface area contributed by atoms with E-state index in [-0.39, 0.29) is 0 Å². The van der Waals surface area contributed by atoms with Crippen molar-refractivity contribution in [1.82, 2.24) is 0 Å². The van der Waals surface area contributed by atoms with Crippen molar-refractivity contribution in [1.29, 1.82) is 0 Å². The van der Waals surface area contributed by atoms with Crippen molar-refractivity contribution in [2.24, 2.45) is 39.9 Å². The van der Waals surface area contributed by atoms with E-state index in [9.17, 15) is 0 Å². The summed E-state index contributed by atoms with van der Waals surface area (Å²) in [7, 11) is 0. The molecule has 4 aliphatic carbocycles. The molecule has 4 aliphatic rings. The fourth-order valence-electron chi connectivity index (χ4n) is 9.40. The molecular weight excluding hydrogens is 356 g/mol. The minimum Gasteiger partial charge on any atom is -0.171 e. The van der Waals surface area contributed by atoms with E-state index in [2.05, 4.69) is 34.6 Å². The second-order valence-corrected chi connectivity index (χ2v) is 13.1. The van der Waals surface area contributed by atoms with Crippen LogP contribution < -0.4 is 0 Å². The van der Waals surface area contributed by atoms with Gasteiger partial charge in [-0.2, -0.15) is 12.6 Å². The molecule has 5 atom stereocenters. The molecule has 0 nitrogen and oxygen atoms in total. The highest BCUT2D eigenvalue weighted by Gasteiger charge is 2.85. The minimum absolute atomic E-state index is 0.322. The minimum atomic E-state index is 0.322. The first-order chi connectivity index (χ1) is 13.3. The van der Waals surface area contributed by atoms with Crippen molar-refractivity contribution >= 4 is 12.6 Å². The number of fused-ring (bicyclic) bond motifs is 5. The molecule has 0 aromatic rings. The Balaban J connectivity index is 1.56. The van der Waals surface area contributed by atoms with Gasteiger partial charge in [0.15, 0.2) is 0 Å². The molecule has 4 fully saturated rings. The Bertz CT molecular complexity index is 559. The summed E-state index contributed by atoms with van der Waals surface area (Å²) in [6, 6.07) is 0. The Labute approximate surface area is 181 Å². The van der Waals surface area contributed by atoms with Crippen LogP contribution in [-0.2, 0) is 0 Å². The molecule has 5 unspecified atom stereocenters. The standard InChI is InChI=1S/C27H48S/c1-6-15-26-23(25(26)17-11-21(4)12-18-25)14-16-24(5)22(13-19-27(24,26)28)10-8-7-9-20(2)3/h20-23,28H,6-19H2,1-5H3. The summed E-state index contributed by atoms with van der Waals surface area (Å²) >= 11 is 5.79. The lowest BCUT2D eigenvalue weighted by Crippen LogP contribution is -2.52. The van der Waals surface area contributed by atoms with E-state index in [0.717, 1.165) is 23.7 Å². The molecule has 0 N–H and O–H groups in total. The predicted octanol–water partition coefficient (Wildman–Crippen LogP) is 8.69. The lowest BCUT2D eigenvalue weighted by Gasteiger charge is -2.54. The summed E-state index contributed by atoms with van der Waals surface area (Å²) < 4.78 is 0.322. The first-order valence-corrected chi connectivity index (χ1v) is 13.4. The lowest BCUT2D eigenvalue weighted by atomic mass is 9.57. The number of rotatable bonds is 7. The molecule has 0 aliphatic heterocycles. The first-order valence-electron chi connectivity index (χ1n) is 13.0. The molecule has 1 spiro atoms. The van der Waals surface area contributed by atoms with Crippen LogP contribution in [0.3, 0.4) is 0 Å². The molecule has 1 heteroatoms. The summed E-state index contributed by atoms with van der Waals surface area (Å²) in [6.07, 6.45) is 20.5. The van der Waals surface area contributed by atoms with Crippen LogP contribution in [0.5, 0.6) is 0 Å². The molecule has 0 aromatic carbocycles. The summed E-state index contributed by atoms with van der Waals surface area (Å²) in [6.45, 7) is 12.4. The topological polar surface area (TPSA) is 0 Å². The van der Waals surface area contributed by atoms with E-state index >= 15 is 0 Å². The van der Waals surface area contributed by atoms with Gasteiger partial charge >= 0.3 is 0 Å². The Hall–Kier alpha value is 0.350. The molecule has 0 saturated heterocycles. The summed E-state index contributed by atoms with van der Waals surface area (Å²) in [4.78, 5) is 0. The van der Waals surface area contributed by atoms with Crippen LogP contribution in [-0.4, -0.2) is 4.75 Å². The van der Waals surface area contributed by atoms with Crippen molar-refractivity contribution in [2.75, 3.05) is 0 Å². The molecule has 0 radical (unpaired) electrons. The number of hydrogen-bond acceptors (Lipinski definition) is 1. The average molecular weight is 405 g/mol. The Kier molecular flexibility index (Phi) is 5.77. The Morgan fingerprint density at radius 2 is 1.68 bits per heavy atom. The number of thiol groups is 1. The normalized spacial score (nSPS) is 50.0. The number of unbranched alkanes of at least 4 members (excludes halogenated alkanes) is 1. The third-order valence-corrected chi connectivity index (χ3v) is 12.0. The SMILES string of the molecule is CCCC12C(CCC3(C)C(CCCCC(C)C)CCC31S)C21CCC(C)CC1. The summed E-state index contributed by atoms with van der Waals surface area (Å²) in [5.41, 5.74) is 1.76. The van der Waals surface area contributed by atoms with Gasteiger partial charge in [0.1, 0.15) is 0 Å². The fourth-order valence-corrected chi connectivity index (χ4v) is 10.3. The maximum Gasteiger partial charge on any atom is 0.0250 e. The van der Waals surface area contributed by atoms with E-state index < -0.39 is 0 Å². The lowest BCUT2D eigenvalue weighted by molar-refractivity contribution is 0.0465. The monoisotopic (exact) mass is 404 g/mol. The Morgan fingerprint density at radius 3 is 2.32 bits per heavy atom. The van der Waals surface area contributed by atoms with Crippen molar-refractivity contribution in [3.8, 4) is 0 Å². The van der Waals surface area contributed by atoms with Gasteiger partial charge in [0.05, 0.1) is 0 Å². The first kappa shape index (κ1) is 21.6. The van der Waals surface area contributed by atoms with Gasteiger partial charge < -0.3 is 0 Å². The molecule has 162 valence electrons. The highest BCUT2D eigenvalue weighted by atomic mass is 32.1. The van der Waals surface area contributed by atoms with Crippen LogP contribution >= 0.6 is 12.6 Å². The zero-order chi connectivity index (χ0) is 20.2. The quantitative estimate of drug-likeness (QED) is 0.318. The highest BCUT2D eigenvalue weighted by Crippen LogP contribution is 2.90. The molecule has 0 aromatic heterocycles. The van der Waals surface area contributed by atoms with Gasteiger partial charge in [-0.05, 0) is 91.3 Å². The molecule has 0 amide bonds. The van der Waals surface area contributed by atoms with Gasteiger partial charge in [-0.25, -0.2) is 0 Å². The molecule has 4 saturated carbocycles. The zero-order valence-electron chi connectivity index (χ0n) is 19.7. The van der Waals surface area contributed by atoms with Crippen LogP contribution in [0.4, 0.5) is 0 Å². The molecule has 0 heterocycles. The largest absolute Gasteiger partial charge is 0.171 e. The molecule has 0 bridgehead atoms. The van der Waals surface area contributed by atoms with Gasteiger partial charge in [0.25, 0.3) is 0 Å². The maximum absolute atomic E-state index is 5.79. The van der Waals surface area contributed by atoms with Gasteiger partial charge in [-0.15, -0.1) is 0 Å². The fraction of sp³-hybridized carbons (Fsp3) is 1.00. The zero-order valence-corrected chi connectivity index (χ0v) is 20.6. The van der Waals surface area contributed by atoms with Gasteiger partial charge in [-0.3, -0.25) is 0 Å². The molecule has 28 heavy (non-hydrogen) atoms. The van der Waals surface area contributed by atoms with Crippen LogP contribution in [0.1, 0.15) is 125 Å². The predicted molar refractivity (Wildman–Crippen MR) is 126 cm³/mol. The van der Waals surface area contributed by atoms with Gasteiger partial charge in [-0.1, -0.05) is 73.1 Å². The smallest absolute Gasteiger partial charge is 0.0250 e. The third-order valence-electron chi connectivity index (χ3n) is 10.9. The second kappa shape index (κ2) is 7.49. The summed E-state index contributed by atoms with van der Waals surface area (Å²) in [5.74, 6) is 3.78. The van der Waals surface area contributed by atoms with Crippen molar-refractivity contribution in [3.63, 3.8) is 0 Å². The van der Waals surface area contributed by atoms with Crippen molar-refractivity contribution in [2.45, 2.75) is 129 Å². The summed E-state index contributed by atoms with van der Waals surface area (Å²) in [5, 5.41) is 0. The van der Waals surface area contributed by atoms with E-state index in [4.69, 9.17) is 12.6 Å².